The minimum Gasteiger partial charge on any atom is -0.271 e. The molecule has 1 atom stereocenters. The Hall–Kier alpha value is -1.78. The summed E-state index contributed by atoms with van der Waals surface area (Å²) in [5.74, 6) is 3.91. The molecule has 0 aliphatic heterocycles. The van der Waals surface area contributed by atoms with Crippen LogP contribution in [0.25, 0.3) is 0 Å². The second-order valence-electron chi connectivity index (χ2n) is 5.28. The molecule has 3 N–H and O–H groups in total. The van der Waals surface area contributed by atoms with E-state index in [9.17, 15) is 8.78 Å². The van der Waals surface area contributed by atoms with Crippen LogP contribution in [-0.4, -0.2) is 0 Å². The predicted molar refractivity (Wildman–Crippen MR) is 80.7 cm³/mol. The molecule has 0 spiro atoms. The normalized spacial score (nSPS) is 12.4. The summed E-state index contributed by atoms with van der Waals surface area (Å²) in [5.41, 5.74) is 5.53. The van der Waals surface area contributed by atoms with Gasteiger partial charge in [-0.15, -0.1) is 0 Å². The molecule has 2 aromatic rings. The van der Waals surface area contributed by atoms with E-state index >= 15 is 0 Å². The van der Waals surface area contributed by atoms with Gasteiger partial charge in [0.25, 0.3) is 0 Å². The van der Waals surface area contributed by atoms with Crippen molar-refractivity contribution in [3.63, 3.8) is 0 Å². The minimum atomic E-state index is -0.817. The van der Waals surface area contributed by atoms with Gasteiger partial charge in [0.2, 0.25) is 0 Å². The number of rotatable bonds is 5. The maximum absolute atomic E-state index is 14.0. The minimum absolute atomic E-state index is 0.272. The summed E-state index contributed by atoms with van der Waals surface area (Å²) >= 11 is 0. The lowest BCUT2D eigenvalue weighted by Gasteiger charge is -2.18. The third-order valence-electron chi connectivity index (χ3n) is 3.85. The number of aryl methyl sites for hydroxylation is 3. The second-order valence-corrected chi connectivity index (χ2v) is 5.28. The molecule has 2 aromatic carbocycles. The van der Waals surface area contributed by atoms with Gasteiger partial charge in [0.05, 0.1) is 0 Å². The van der Waals surface area contributed by atoms with Gasteiger partial charge in [-0.05, 0) is 43.4 Å². The molecule has 0 bridgehead atoms. The Morgan fingerprint density at radius 1 is 1.00 bits per heavy atom. The topological polar surface area (TPSA) is 38.0 Å². The highest BCUT2D eigenvalue weighted by Gasteiger charge is 2.18. The zero-order valence-corrected chi connectivity index (χ0v) is 12.3. The van der Waals surface area contributed by atoms with Crippen molar-refractivity contribution in [3.8, 4) is 0 Å². The number of nitrogens with one attached hydrogen (secondary N) is 1. The maximum atomic E-state index is 14.0. The Morgan fingerprint density at radius 3 is 2.38 bits per heavy atom. The van der Waals surface area contributed by atoms with Crippen molar-refractivity contribution in [3.05, 3.63) is 70.3 Å². The highest BCUT2D eigenvalue weighted by atomic mass is 19.2. The van der Waals surface area contributed by atoms with Crippen LogP contribution in [-0.2, 0) is 6.42 Å². The quantitative estimate of drug-likeness (QED) is 0.650. The Kier molecular flexibility index (Phi) is 5.04. The molecule has 0 amide bonds. The van der Waals surface area contributed by atoms with Crippen molar-refractivity contribution >= 4 is 0 Å². The predicted octanol–water partition coefficient (Wildman–Crippen LogP) is 3.72. The van der Waals surface area contributed by atoms with Crippen LogP contribution in [0.15, 0.2) is 36.4 Å². The fraction of sp³-hybridized carbons (Fsp3) is 0.294. The van der Waals surface area contributed by atoms with Gasteiger partial charge in [-0.25, -0.2) is 8.78 Å². The zero-order chi connectivity index (χ0) is 15.4. The second kappa shape index (κ2) is 6.78. The molecular weight excluding hydrogens is 270 g/mol. The fourth-order valence-corrected chi connectivity index (χ4v) is 2.45. The Morgan fingerprint density at radius 2 is 1.71 bits per heavy atom. The standard InChI is InChI=1S/C17H20F2N2/c1-11-5-3-4-6-13(11)8-10-15(21-20)14-9-7-12(2)16(18)17(14)19/h3-7,9,15,21H,8,10,20H2,1-2H3. The van der Waals surface area contributed by atoms with E-state index < -0.39 is 17.7 Å². The largest absolute Gasteiger partial charge is 0.271 e. The number of hydrogen-bond donors (Lipinski definition) is 2. The maximum Gasteiger partial charge on any atom is 0.163 e. The summed E-state index contributed by atoms with van der Waals surface area (Å²) in [4.78, 5) is 0. The lowest BCUT2D eigenvalue weighted by molar-refractivity contribution is 0.449. The van der Waals surface area contributed by atoms with Gasteiger partial charge in [0.1, 0.15) is 0 Å². The van der Waals surface area contributed by atoms with Crippen LogP contribution in [0.1, 0.15) is 34.7 Å². The van der Waals surface area contributed by atoms with Gasteiger partial charge in [-0.1, -0.05) is 36.4 Å². The van der Waals surface area contributed by atoms with Gasteiger partial charge in [-0.2, -0.15) is 0 Å². The van der Waals surface area contributed by atoms with E-state index in [1.54, 1.807) is 19.1 Å². The molecule has 0 saturated carbocycles. The molecule has 0 aliphatic carbocycles. The van der Waals surface area contributed by atoms with E-state index in [4.69, 9.17) is 5.84 Å². The lowest BCUT2D eigenvalue weighted by Crippen LogP contribution is -2.29. The number of hydrogen-bond acceptors (Lipinski definition) is 2. The molecule has 0 radical (unpaired) electrons. The SMILES string of the molecule is Cc1ccccc1CCC(NN)c1ccc(C)c(F)c1F. The van der Waals surface area contributed by atoms with Gasteiger partial charge < -0.3 is 0 Å². The highest BCUT2D eigenvalue weighted by molar-refractivity contribution is 5.29. The molecule has 2 nitrogen and oxygen atoms in total. The van der Waals surface area contributed by atoms with Crippen LogP contribution in [0.4, 0.5) is 8.78 Å². The van der Waals surface area contributed by atoms with Crippen LogP contribution in [0, 0.1) is 25.5 Å². The molecule has 0 heterocycles. The van der Waals surface area contributed by atoms with Crippen LogP contribution >= 0.6 is 0 Å². The van der Waals surface area contributed by atoms with Crippen molar-refractivity contribution < 1.29 is 8.78 Å². The summed E-state index contributed by atoms with van der Waals surface area (Å²) in [6.07, 6.45) is 1.34. The zero-order valence-electron chi connectivity index (χ0n) is 12.3. The van der Waals surface area contributed by atoms with Crippen molar-refractivity contribution in [2.24, 2.45) is 5.84 Å². The van der Waals surface area contributed by atoms with E-state index in [0.717, 1.165) is 6.42 Å². The molecule has 0 aromatic heterocycles. The summed E-state index contributed by atoms with van der Waals surface area (Å²) < 4.78 is 27.7. The van der Waals surface area contributed by atoms with E-state index in [2.05, 4.69) is 5.43 Å². The number of halogens is 2. The Labute approximate surface area is 124 Å². The first kappa shape index (κ1) is 15.6. The first-order valence-electron chi connectivity index (χ1n) is 6.99. The van der Waals surface area contributed by atoms with Crippen LogP contribution in [0.3, 0.4) is 0 Å². The molecule has 0 fully saturated rings. The summed E-state index contributed by atoms with van der Waals surface area (Å²) in [6, 6.07) is 10.8. The van der Waals surface area contributed by atoms with Gasteiger partial charge in [0.15, 0.2) is 11.6 Å². The van der Waals surface area contributed by atoms with Crippen LogP contribution < -0.4 is 11.3 Å². The van der Waals surface area contributed by atoms with Gasteiger partial charge in [0, 0.05) is 11.6 Å². The van der Waals surface area contributed by atoms with E-state index in [1.807, 2.05) is 31.2 Å². The first-order chi connectivity index (χ1) is 10.0. The molecule has 21 heavy (non-hydrogen) atoms. The van der Waals surface area contributed by atoms with Gasteiger partial charge >= 0.3 is 0 Å². The summed E-state index contributed by atoms with van der Waals surface area (Å²) in [6.45, 7) is 3.58. The Balaban J connectivity index is 2.18. The third-order valence-corrected chi connectivity index (χ3v) is 3.85. The van der Waals surface area contributed by atoms with Crippen molar-refractivity contribution in [1.82, 2.24) is 5.43 Å². The molecule has 0 saturated heterocycles. The van der Waals surface area contributed by atoms with E-state index in [0.29, 0.717) is 12.0 Å². The third kappa shape index (κ3) is 3.46. The average molecular weight is 290 g/mol. The van der Waals surface area contributed by atoms with Crippen LogP contribution in [0.2, 0.25) is 0 Å². The molecule has 0 aliphatic rings. The summed E-state index contributed by atoms with van der Waals surface area (Å²) in [5, 5.41) is 0. The summed E-state index contributed by atoms with van der Waals surface area (Å²) in [7, 11) is 0. The Bertz CT molecular complexity index is 626. The monoisotopic (exact) mass is 290 g/mol. The average Bonchev–Trinajstić information content (AvgIpc) is 2.49. The van der Waals surface area contributed by atoms with E-state index in [-0.39, 0.29) is 5.56 Å². The number of hydrazine groups is 1. The fourth-order valence-electron chi connectivity index (χ4n) is 2.45. The molecule has 4 heteroatoms. The van der Waals surface area contributed by atoms with Crippen molar-refractivity contribution in [1.29, 1.82) is 0 Å². The van der Waals surface area contributed by atoms with Crippen LogP contribution in [0.5, 0.6) is 0 Å². The van der Waals surface area contributed by atoms with Crippen molar-refractivity contribution in [2.75, 3.05) is 0 Å². The lowest BCUT2D eigenvalue weighted by atomic mass is 9.96. The molecular formula is C17H20F2N2. The molecule has 1 unspecified atom stereocenters. The highest BCUT2D eigenvalue weighted by Crippen LogP contribution is 2.25. The molecule has 112 valence electrons. The smallest absolute Gasteiger partial charge is 0.163 e. The van der Waals surface area contributed by atoms with Crippen molar-refractivity contribution in [2.45, 2.75) is 32.7 Å². The van der Waals surface area contributed by atoms with E-state index in [1.165, 1.54) is 11.1 Å². The number of benzene rings is 2. The number of nitrogens with two attached hydrogens (primary N) is 1. The molecule has 2 rings (SSSR count). The first-order valence-corrected chi connectivity index (χ1v) is 6.99. The van der Waals surface area contributed by atoms with Gasteiger partial charge in [-0.3, -0.25) is 11.3 Å².